The fourth-order valence-corrected chi connectivity index (χ4v) is 8.03. The number of pyridine rings is 1. The summed E-state index contributed by atoms with van der Waals surface area (Å²) in [6.45, 7) is 3.85. The third-order valence-electron chi connectivity index (χ3n) is 10.1. The highest BCUT2D eigenvalue weighted by atomic mass is 16.2. The Morgan fingerprint density at radius 1 is 0.841 bits per heavy atom. The molecule has 1 unspecified atom stereocenters. The maximum Gasteiger partial charge on any atom is 0.259 e. The van der Waals surface area contributed by atoms with E-state index in [1.54, 1.807) is 0 Å². The van der Waals surface area contributed by atoms with E-state index < -0.39 is 0 Å². The molecule has 6 nitrogen and oxygen atoms in total. The maximum absolute atomic E-state index is 13.5. The lowest BCUT2D eigenvalue weighted by Crippen LogP contribution is -2.35. The van der Waals surface area contributed by atoms with Crippen molar-refractivity contribution in [2.45, 2.75) is 70.9 Å². The van der Waals surface area contributed by atoms with Crippen LogP contribution in [0.15, 0.2) is 84.2 Å². The lowest BCUT2D eigenvalue weighted by Gasteiger charge is -2.34. The Bertz CT molecular complexity index is 1860. The summed E-state index contributed by atoms with van der Waals surface area (Å²) in [5.41, 5.74) is 10.1. The Kier molecular flexibility index (Phi) is 6.73. The van der Waals surface area contributed by atoms with E-state index in [0.717, 1.165) is 97.0 Å². The van der Waals surface area contributed by atoms with Crippen LogP contribution in [0.25, 0.3) is 27.7 Å². The number of nitrogens with zero attached hydrogens (tertiary/aromatic N) is 3. The van der Waals surface area contributed by atoms with Crippen LogP contribution in [0.2, 0.25) is 0 Å². The molecule has 2 aromatic carbocycles. The van der Waals surface area contributed by atoms with Crippen LogP contribution in [0.4, 0.5) is 0 Å². The van der Waals surface area contributed by atoms with E-state index in [-0.39, 0.29) is 17.7 Å². The first-order valence-electron chi connectivity index (χ1n) is 16.3. The van der Waals surface area contributed by atoms with Crippen molar-refractivity contribution in [3.8, 4) is 11.3 Å². The van der Waals surface area contributed by atoms with Crippen LogP contribution in [-0.4, -0.2) is 38.9 Å². The molecule has 5 heterocycles. The minimum absolute atomic E-state index is 0.247. The highest BCUT2D eigenvalue weighted by molar-refractivity contribution is 6.38. The number of para-hydroxylation sites is 1. The van der Waals surface area contributed by atoms with E-state index in [1.165, 1.54) is 17.5 Å². The number of rotatable bonds is 1. The number of carbonyl (C=O) groups excluding carboxylic acids is 2. The number of nitrogens with one attached hydrogen (secondary N) is 1. The van der Waals surface area contributed by atoms with Gasteiger partial charge in [0.2, 0.25) is 0 Å². The Labute approximate surface area is 258 Å². The first-order valence-corrected chi connectivity index (χ1v) is 16.3. The number of amides is 2. The van der Waals surface area contributed by atoms with Crippen molar-refractivity contribution in [3.05, 3.63) is 107 Å². The fourth-order valence-electron chi connectivity index (χ4n) is 8.03. The number of hydrogen-bond acceptors (Lipinski definition) is 4. The number of imide groups is 1. The summed E-state index contributed by atoms with van der Waals surface area (Å²) in [6, 6.07) is 21.9. The predicted molar refractivity (Wildman–Crippen MR) is 174 cm³/mol. The van der Waals surface area contributed by atoms with Gasteiger partial charge in [0, 0.05) is 65.2 Å². The van der Waals surface area contributed by atoms with Crippen LogP contribution in [0.1, 0.15) is 60.9 Å². The van der Waals surface area contributed by atoms with Gasteiger partial charge in [0.1, 0.15) is 0 Å². The topological polar surface area (TPSA) is 67.2 Å². The van der Waals surface area contributed by atoms with Crippen LogP contribution in [0.5, 0.6) is 0 Å². The zero-order chi connectivity index (χ0) is 29.8. The second-order valence-corrected chi connectivity index (χ2v) is 13.0. The number of carbonyl (C=O) groups is 2. The summed E-state index contributed by atoms with van der Waals surface area (Å²) in [5, 5.41) is 3.70. The van der Waals surface area contributed by atoms with Crippen molar-refractivity contribution in [2.24, 2.45) is 5.92 Å². The highest BCUT2D eigenvalue weighted by Gasteiger charge is 2.44. The largest absolute Gasteiger partial charge is 0.373 e. The molecule has 1 N–H and O–H groups in total. The van der Waals surface area contributed by atoms with Crippen LogP contribution < -0.4 is 5.32 Å². The van der Waals surface area contributed by atoms with Gasteiger partial charge in [-0.15, -0.1) is 0 Å². The van der Waals surface area contributed by atoms with Crippen LogP contribution in [-0.2, 0) is 29.0 Å². The van der Waals surface area contributed by atoms with E-state index in [1.807, 2.05) is 12.1 Å². The van der Waals surface area contributed by atoms with Gasteiger partial charge in [-0.1, -0.05) is 60.9 Å². The monoisotopic (exact) mass is 582 g/mol. The van der Waals surface area contributed by atoms with Crippen molar-refractivity contribution in [2.75, 3.05) is 6.54 Å². The number of aromatic nitrogens is 2. The Morgan fingerprint density at radius 3 is 2.52 bits per heavy atom. The zero-order valence-electron chi connectivity index (χ0n) is 25.3. The number of hydrogen-bond donors (Lipinski definition) is 1. The normalized spacial score (nSPS) is 22.0. The summed E-state index contributed by atoms with van der Waals surface area (Å²) in [5.74, 6) is -0.248. The molecular formula is C38H38N4O2. The smallest absolute Gasteiger partial charge is 0.259 e. The van der Waals surface area contributed by atoms with Crippen molar-refractivity contribution >= 4 is 28.3 Å². The average molecular weight is 583 g/mol. The van der Waals surface area contributed by atoms with Crippen molar-refractivity contribution in [1.82, 2.24) is 19.8 Å². The first-order chi connectivity index (χ1) is 21.5. The van der Waals surface area contributed by atoms with Gasteiger partial charge in [-0.3, -0.25) is 19.9 Å². The average Bonchev–Trinajstić information content (AvgIpc) is 3.67. The Hall–Kier alpha value is -4.45. The summed E-state index contributed by atoms with van der Waals surface area (Å²) in [7, 11) is 0. The maximum atomic E-state index is 13.5. The molecule has 8 rings (SSSR count). The van der Waals surface area contributed by atoms with Gasteiger partial charge in [0.15, 0.2) is 0 Å². The van der Waals surface area contributed by atoms with Gasteiger partial charge in [-0.05, 0) is 74.8 Å². The Balaban J connectivity index is 1.25. The van der Waals surface area contributed by atoms with E-state index in [0.29, 0.717) is 17.2 Å². The third kappa shape index (κ3) is 4.68. The zero-order valence-corrected chi connectivity index (χ0v) is 25.3. The molecule has 4 aromatic rings. The van der Waals surface area contributed by atoms with Gasteiger partial charge in [0.05, 0.1) is 16.8 Å². The molecule has 6 heteroatoms. The number of benzene rings is 2. The minimum atomic E-state index is -0.276. The SMILES string of the molecule is Cc1ccc(-c2cc3cc(n2)CCCn2cc(c4ccccc42)C2=C(C(=O)NC2=O)C2=CN(CCC3)C3CCCC[C@H]23)cc1. The molecule has 3 aliphatic heterocycles. The lowest BCUT2D eigenvalue weighted by atomic mass is 9.78. The lowest BCUT2D eigenvalue weighted by molar-refractivity contribution is -0.123. The summed E-state index contributed by atoms with van der Waals surface area (Å²) < 4.78 is 2.26. The van der Waals surface area contributed by atoms with Gasteiger partial charge in [-0.25, -0.2) is 0 Å². The first kappa shape index (κ1) is 27.1. The predicted octanol–water partition coefficient (Wildman–Crippen LogP) is 6.76. The van der Waals surface area contributed by atoms with E-state index in [2.05, 4.69) is 82.6 Å². The molecule has 4 aliphatic rings. The van der Waals surface area contributed by atoms with E-state index in [4.69, 9.17) is 4.98 Å². The molecule has 2 atom stereocenters. The van der Waals surface area contributed by atoms with Gasteiger partial charge in [0.25, 0.3) is 11.8 Å². The Morgan fingerprint density at radius 2 is 1.64 bits per heavy atom. The molecule has 1 fully saturated rings. The molecule has 0 spiro atoms. The molecule has 6 bridgehead atoms. The third-order valence-corrected chi connectivity index (χ3v) is 10.1. The van der Waals surface area contributed by atoms with Crippen LogP contribution in [0.3, 0.4) is 0 Å². The summed E-state index contributed by atoms with van der Waals surface area (Å²) >= 11 is 0. The fraction of sp³-hybridized carbons (Fsp3) is 0.342. The van der Waals surface area contributed by atoms with Crippen molar-refractivity contribution in [3.63, 3.8) is 0 Å². The molecule has 0 radical (unpaired) electrons. The van der Waals surface area contributed by atoms with Gasteiger partial charge in [-0.2, -0.15) is 0 Å². The molecule has 1 saturated carbocycles. The molecule has 2 amide bonds. The van der Waals surface area contributed by atoms with Gasteiger partial charge < -0.3 is 9.47 Å². The second-order valence-electron chi connectivity index (χ2n) is 13.0. The van der Waals surface area contributed by atoms with E-state index >= 15 is 0 Å². The van der Waals surface area contributed by atoms with Gasteiger partial charge >= 0.3 is 0 Å². The molecule has 44 heavy (non-hydrogen) atoms. The molecule has 1 aliphatic carbocycles. The second kappa shape index (κ2) is 10.9. The molecule has 2 aromatic heterocycles. The van der Waals surface area contributed by atoms with Crippen LogP contribution in [0, 0.1) is 12.8 Å². The molecular weight excluding hydrogens is 544 g/mol. The standard InChI is InChI=1S/C38H38N4O2/c1-24-14-16-26(17-15-24)32-21-25-8-6-18-41-22-30(28-10-2-4-12-33(28)41)35-36(38(44)40-37(35)43)31-23-42(19-7-9-27(20-25)39-32)34-13-5-3-11-29(31)34/h3,5,11,13-17,20-23,28,33H,2,4,6-10,12,18-19H2,1H3,(H,40,43,44)/t28-,33?/m1/s1. The number of fused-ring (bicyclic) bond motifs is 13. The highest BCUT2D eigenvalue weighted by Crippen LogP contribution is 2.45. The van der Waals surface area contributed by atoms with E-state index in [9.17, 15) is 9.59 Å². The van der Waals surface area contributed by atoms with Crippen LogP contribution >= 0.6 is 0 Å². The van der Waals surface area contributed by atoms with Crippen molar-refractivity contribution in [1.29, 1.82) is 0 Å². The quantitative estimate of drug-likeness (QED) is 0.252. The molecule has 0 saturated heterocycles. The number of aryl methyl sites for hydroxylation is 4. The summed E-state index contributed by atoms with van der Waals surface area (Å²) in [4.78, 5) is 34.7. The minimum Gasteiger partial charge on any atom is -0.373 e. The summed E-state index contributed by atoms with van der Waals surface area (Å²) in [6.07, 6.45) is 12.7. The van der Waals surface area contributed by atoms with Crippen molar-refractivity contribution < 1.29 is 9.59 Å². The molecule has 222 valence electrons.